The summed E-state index contributed by atoms with van der Waals surface area (Å²) in [5, 5.41) is 24.1. The van der Waals surface area contributed by atoms with E-state index in [4.69, 9.17) is 11.5 Å². The molecule has 0 spiro atoms. The van der Waals surface area contributed by atoms with E-state index in [1.807, 2.05) is 0 Å². The Balaban J connectivity index is 2.60. The van der Waals surface area contributed by atoms with Crippen LogP contribution in [-0.4, -0.2) is 47.1 Å². The Labute approximate surface area is 151 Å². The molecule has 0 heterocycles. The van der Waals surface area contributed by atoms with Crippen LogP contribution in [0.5, 0.6) is 11.5 Å². The van der Waals surface area contributed by atoms with Crippen LogP contribution in [-0.2, 0) is 20.8 Å². The van der Waals surface area contributed by atoms with Crippen molar-refractivity contribution < 1.29 is 24.6 Å². The molecule has 0 aliphatic carbocycles. The summed E-state index contributed by atoms with van der Waals surface area (Å²) in [5.74, 6) is -2.15. The van der Waals surface area contributed by atoms with Crippen LogP contribution in [0, 0.1) is 0 Å². The maximum Gasteiger partial charge on any atom is 0.243 e. The monoisotopic (exact) mass is 366 g/mol. The van der Waals surface area contributed by atoms with Gasteiger partial charge in [0.05, 0.1) is 12.8 Å². The fourth-order valence-electron chi connectivity index (χ4n) is 2.31. The Morgan fingerprint density at radius 1 is 1.12 bits per heavy atom. The van der Waals surface area contributed by atoms with Crippen LogP contribution in [0.1, 0.15) is 31.2 Å². The molecule has 9 heteroatoms. The molecule has 0 saturated heterocycles. The van der Waals surface area contributed by atoms with E-state index in [9.17, 15) is 24.6 Å². The second-order valence-corrected chi connectivity index (χ2v) is 5.92. The lowest BCUT2D eigenvalue weighted by Gasteiger charge is -2.17. The Morgan fingerprint density at radius 2 is 1.85 bits per heavy atom. The number of nitrogens with two attached hydrogens (primary N) is 2. The third-order valence-corrected chi connectivity index (χ3v) is 3.66. The van der Waals surface area contributed by atoms with E-state index in [2.05, 4.69) is 10.6 Å². The summed E-state index contributed by atoms with van der Waals surface area (Å²) >= 11 is 0. The van der Waals surface area contributed by atoms with Crippen LogP contribution in [0.25, 0.3) is 0 Å². The first kappa shape index (κ1) is 21.2. The molecule has 1 aromatic carbocycles. The predicted molar refractivity (Wildman–Crippen MR) is 95.1 cm³/mol. The number of aromatic hydroxyl groups is 2. The zero-order valence-electron chi connectivity index (χ0n) is 14.5. The fourth-order valence-corrected chi connectivity index (χ4v) is 2.31. The molecular formula is C17H26N4O5. The first-order chi connectivity index (χ1) is 12.3. The molecule has 144 valence electrons. The molecule has 3 amide bonds. The van der Waals surface area contributed by atoms with E-state index in [-0.39, 0.29) is 29.9 Å². The topological polar surface area (TPSA) is 168 Å². The maximum atomic E-state index is 12.2. The minimum atomic E-state index is -1.09. The normalized spacial score (nSPS) is 11.6. The van der Waals surface area contributed by atoms with Gasteiger partial charge in [0.15, 0.2) is 0 Å². The van der Waals surface area contributed by atoms with Gasteiger partial charge in [-0.3, -0.25) is 14.4 Å². The highest BCUT2D eigenvalue weighted by atomic mass is 16.3. The molecule has 0 aliphatic rings. The summed E-state index contributed by atoms with van der Waals surface area (Å²) in [6, 6.07) is 2.74. The molecule has 0 radical (unpaired) electrons. The van der Waals surface area contributed by atoms with E-state index in [1.54, 1.807) is 0 Å². The van der Waals surface area contributed by atoms with E-state index < -0.39 is 23.8 Å². The lowest BCUT2D eigenvalue weighted by Crippen LogP contribution is -2.49. The van der Waals surface area contributed by atoms with E-state index in [1.165, 1.54) is 12.1 Å². The van der Waals surface area contributed by atoms with Gasteiger partial charge in [-0.1, -0.05) is 12.5 Å². The summed E-state index contributed by atoms with van der Waals surface area (Å²) in [5.41, 5.74) is 10.8. The highest BCUT2D eigenvalue weighted by Crippen LogP contribution is 2.22. The average molecular weight is 366 g/mol. The van der Waals surface area contributed by atoms with Gasteiger partial charge in [0.1, 0.15) is 17.5 Å². The minimum Gasteiger partial charge on any atom is -0.508 e. The zero-order chi connectivity index (χ0) is 19.5. The SMILES string of the molecule is NCCCCCNC(=O)[C@H](CC(N)=O)NC(=O)Cc1ccc(O)cc1O. The van der Waals surface area contributed by atoms with Crippen molar-refractivity contribution in [2.24, 2.45) is 11.5 Å². The van der Waals surface area contributed by atoms with Crippen LogP contribution in [0.4, 0.5) is 0 Å². The van der Waals surface area contributed by atoms with Crippen molar-refractivity contribution in [1.82, 2.24) is 10.6 Å². The third kappa shape index (κ3) is 7.84. The van der Waals surface area contributed by atoms with Gasteiger partial charge >= 0.3 is 0 Å². The second kappa shape index (κ2) is 10.9. The number of hydrogen-bond acceptors (Lipinski definition) is 6. The van der Waals surface area contributed by atoms with Crippen LogP contribution in [0.3, 0.4) is 0 Å². The first-order valence-electron chi connectivity index (χ1n) is 8.39. The largest absolute Gasteiger partial charge is 0.508 e. The van der Waals surface area contributed by atoms with E-state index in [0.29, 0.717) is 13.1 Å². The molecule has 26 heavy (non-hydrogen) atoms. The Bertz CT molecular complexity index is 636. The highest BCUT2D eigenvalue weighted by Gasteiger charge is 2.23. The molecule has 1 aromatic rings. The highest BCUT2D eigenvalue weighted by molar-refractivity contribution is 5.92. The number of rotatable bonds is 11. The van der Waals surface area contributed by atoms with Crippen LogP contribution >= 0.6 is 0 Å². The number of hydrogen-bond donors (Lipinski definition) is 6. The summed E-state index contributed by atoms with van der Waals surface area (Å²) in [4.78, 5) is 35.5. The van der Waals surface area contributed by atoms with Crippen molar-refractivity contribution in [3.8, 4) is 11.5 Å². The molecule has 1 rings (SSSR count). The molecule has 9 nitrogen and oxygen atoms in total. The van der Waals surface area contributed by atoms with Gasteiger partial charge in [-0.15, -0.1) is 0 Å². The van der Waals surface area contributed by atoms with Crippen molar-refractivity contribution in [3.63, 3.8) is 0 Å². The number of carbonyl (C=O) groups is 3. The van der Waals surface area contributed by atoms with Crippen molar-refractivity contribution >= 4 is 17.7 Å². The molecule has 0 saturated carbocycles. The standard InChI is InChI=1S/C17H26N4O5/c18-6-2-1-3-7-20-17(26)13(10-15(19)24)21-16(25)8-11-4-5-12(22)9-14(11)23/h4-5,9,13,22-23H,1-3,6-8,10,18H2,(H2,19,24)(H,20,26)(H,21,25)/t13-/m0/s1. The average Bonchev–Trinajstić information content (AvgIpc) is 2.56. The number of phenolic OH excluding ortho intramolecular Hbond substituents is 2. The Kier molecular flexibility index (Phi) is 8.93. The molecule has 8 N–H and O–H groups in total. The maximum absolute atomic E-state index is 12.2. The van der Waals surface area contributed by atoms with Crippen LogP contribution < -0.4 is 22.1 Å². The number of unbranched alkanes of at least 4 members (excludes halogenated alkanes) is 2. The molecular weight excluding hydrogens is 340 g/mol. The quantitative estimate of drug-likeness (QED) is 0.282. The summed E-state index contributed by atoms with van der Waals surface area (Å²) < 4.78 is 0. The summed E-state index contributed by atoms with van der Waals surface area (Å²) in [6.45, 7) is 0.987. The van der Waals surface area contributed by atoms with Gasteiger partial charge in [0.2, 0.25) is 17.7 Å². The van der Waals surface area contributed by atoms with Gasteiger partial charge in [-0.05, 0) is 25.5 Å². The Hall–Kier alpha value is -2.81. The zero-order valence-corrected chi connectivity index (χ0v) is 14.5. The van der Waals surface area contributed by atoms with Gasteiger partial charge in [0, 0.05) is 18.2 Å². The van der Waals surface area contributed by atoms with Gasteiger partial charge in [0.25, 0.3) is 0 Å². The third-order valence-electron chi connectivity index (χ3n) is 3.66. The number of benzene rings is 1. The number of nitrogens with one attached hydrogen (secondary N) is 2. The van der Waals surface area contributed by atoms with Gasteiger partial charge < -0.3 is 32.3 Å². The first-order valence-corrected chi connectivity index (χ1v) is 8.39. The molecule has 0 aliphatic heterocycles. The molecule has 0 bridgehead atoms. The molecule has 0 unspecified atom stereocenters. The number of primary amides is 1. The van der Waals surface area contributed by atoms with Gasteiger partial charge in [-0.25, -0.2) is 0 Å². The van der Waals surface area contributed by atoms with Gasteiger partial charge in [-0.2, -0.15) is 0 Å². The van der Waals surface area contributed by atoms with Crippen LogP contribution in [0.15, 0.2) is 18.2 Å². The van der Waals surface area contributed by atoms with Crippen LogP contribution in [0.2, 0.25) is 0 Å². The number of carbonyl (C=O) groups excluding carboxylic acids is 3. The lowest BCUT2D eigenvalue weighted by molar-refractivity contribution is -0.131. The second-order valence-electron chi connectivity index (χ2n) is 5.92. The van der Waals surface area contributed by atoms with E-state index in [0.717, 1.165) is 25.3 Å². The minimum absolute atomic E-state index is 0.132. The molecule has 1 atom stereocenters. The van der Waals surface area contributed by atoms with Crippen molar-refractivity contribution in [2.75, 3.05) is 13.1 Å². The number of amides is 3. The predicted octanol–water partition coefficient (Wildman–Crippen LogP) is -0.754. The lowest BCUT2D eigenvalue weighted by atomic mass is 10.1. The van der Waals surface area contributed by atoms with Crippen molar-refractivity contribution in [2.45, 2.75) is 38.1 Å². The molecule has 0 fully saturated rings. The smallest absolute Gasteiger partial charge is 0.243 e. The summed E-state index contributed by atoms with van der Waals surface area (Å²) in [7, 11) is 0. The van der Waals surface area contributed by atoms with E-state index >= 15 is 0 Å². The molecule has 0 aromatic heterocycles. The summed E-state index contributed by atoms with van der Waals surface area (Å²) in [6.07, 6.45) is 1.91. The number of phenols is 2. The fraction of sp³-hybridized carbons (Fsp3) is 0.471. The Morgan fingerprint density at radius 3 is 2.46 bits per heavy atom. The van der Waals surface area contributed by atoms with Crippen molar-refractivity contribution in [3.05, 3.63) is 23.8 Å². The van der Waals surface area contributed by atoms with Crippen molar-refractivity contribution in [1.29, 1.82) is 0 Å².